The van der Waals surface area contributed by atoms with Gasteiger partial charge in [-0.25, -0.2) is 14.2 Å². The quantitative estimate of drug-likeness (QED) is 0.434. The fourth-order valence-electron chi connectivity index (χ4n) is 3.25. The minimum absolute atomic E-state index is 0.0748. The number of aromatic nitrogens is 3. The molecule has 0 fully saturated rings. The molecular formula is C20H14F4N4O3S2. The molecule has 172 valence electrons. The van der Waals surface area contributed by atoms with Gasteiger partial charge in [0.25, 0.3) is 5.56 Å². The number of aryl methyl sites for hydroxylation is 1. The number of hydrogen-bond acceptors (Lipinski definition) is 6. The summed E-state index contributed by atoms with van der Waals surface area (Å²) in [5.41, 5.74) is -1.72. The van der Waals surface area contributed by atoms with Gasteiger partial charge < -0.3 is 5.32 Å². The van der Waals surface area contributed by atoms with E-state index >= 15 is 0 Å². The molecule has 1 amide bonds. The molecule has 0 atom stereocenters. The Morgan fingerprint density at radius 3 is 2.52 bits per heavy atom. The molecule has 0 saturated carbocycles. The van der Waals surface area contributed by atoms with Crippen molar-refractivity contribution in [2.75, 3.05) is 5.32 Å². The van der Waals surface area contributed by atoms with Crippen molar-refractivity contribution in [3.63, 3.8) is 0 Å². The lowest BCUT2D eigenvalue weighted by Gasteiger charge is -2.08. The van der Waals surface area contributed by atoms with Gasteiger partial charge in [0.05, 0.1) is 28.6 Å². The molecule has 1 aromatic carbocycles. The third kappa shape index (κ3) is 4.33. The lowest BCUT2D eigenvalue weighted by atomic mass is 10.1. The van der Waals surface area contributed by atoms with E-state index in [1.54, 1.807) is 5.38 Å². The van der Waals surface area contributed by atoms with Crippen LogP contribution < -0.4 is 16.6 Å². The molecule has 0 unspecified atom stereocenters. The Labute approximate surface area is 190 Å². The highest BCUT2D eigenvalue weighted by Gasteiger charge is 2.31. The molecule has 13 heteroatoms. The molecule has 0 saturated heterocycles. The van der Waals surface area contributed by atoms with Gasteiger partial charge in [-0.15, -0.1) is 22.7 Å². The smallest absolute Gasteiger partial charge is 0.302 e. The van der Waals surface area contributed by atoms with Gasteiger partial charge in [0.2, 0.25) is 5.91 Å². The first kappa shape index (κ1) is 22.9. The number of alkyl halides is 3. The molecule has 0 bridgehead atoms. The molecule has 0 radical (unpaired) electrons. The lowest BCUT2D eigenvalue weighted by Crippen LogP contribution is -2.36. The normalized spacial score (nSPS) is 11.8. The van der Waals surface area contributed by atoms with Crippen molar-refractivity contribution in [3.05, 3.63) is 66.1 Å². The average molecular weight is 498 g/mol. The number of anilines is 1. The molecule has 0 spiro atoms. The molecule has 0 aliphatic heterocycles. The van der Waals surface area contributed by atoms with Crippen LogP contribution in [0.2, 0.25) is 0 Å². The van der Waals surface area contributed by atoms with Crippen molar-refractivity contribution in [1.82, 2.24) is 14.1 Å². The fourth-order valence-corrected chi connectivity index (χ4v) is 5.04. The van der Waals surface area contributed by atoms with Crippen LogP contribution in [0.25, 0.3) is 22.2 Å². The van der Waals surface area contributed by atoms with Gasteiger partial charge in [-0.2, -0.15) is 13.2 Å². The molecule has 3 aromatic heterocycles. The number of thiophene rings is 1. The molecule has 1 N–H and O–H groups in total. The summed E-state index contributed by atoms with van der Waals surface area (Å²) in [6, 6.07) is 2.10. The van der Waals surface area contributed by atoms with Gasteiger partial charge in [0.1, 0.15) is 5.82 Å². The van der Waals surface area contributed by atoms with Crippen LogP contribution in [0, 0.1) is 5.82 Å². The molecule has 7 nitrogen and oxygen atoms in total. The maximum absolute atomic E-state index is 13.7. The number of nitrogens with zero attached hydrogens (tertiary/aromatic N) is 3. The van der Waals surface area contributed by atoms with Gasteiger partial charge in [0, 0.05) is 35.3 Å². The van der Waals surface area contributed by atoms with E-state index in [1.807, 2.05) is 0 Å². The summed E-state index contributed by atoms with van der Waals surface area (Å²) in [6.07, 6.45) is -4.89. The Hall–Kier alpha value is -3.32. The summed E-state index contributed by atoms with van der Waals surface area (Å²) in [4.78, 5) is 41.6. The SMILES string of the molecule is Cn1c(=O)c2c(CC(=O)Nc3nc(-c4cc(F)cc(C(F)(F)F)c4)cs3)scc2n(C)c1=O. The van der Waals surface area contributed by atoms with E-state index in [-0.39, 0.29) is 28.2 Å². The minimum Gasteiger partial charge on any atom is -0.302 e. The van der Waals surface area contributed by atoms with Crippen LogP contribution in [0.1, 0.15) is 10.4 Å². The van der Waals surface area contributed by atoms with Crippen LogP contribution in [0.3, 0.4) is 0 Å². The summed E-state index contributed by atoms with van der Waals surface area (Å²) < 4.78 is 54.8. The van der Waals surface area contributed by atoms with Crippen molar-refractivity contribution >= 4 is 44.6 Å². The number of fused-ring (bicyclic) bond motifs is 1. The molecule has 33 heavy (non-hydrogen) atoms. The maximum atomic E-state index is 13.7. The van der Waals surface area contributed by atoms with Crippen molar-refractivity contribution in [1.29, 1.82) is 0 Å². The van der Waals surface area contributed by atoms with E-state index in [0.717, 1.165) is 39.4 Å². The van der Waals surface area contributed by atoms with Crippen molar-refractivity contribution in [2.45, 2.75) is 12.6 Å². The largest absolute Gasteiger partial charge is 0.416 e. The molecule has 0 aliphatic carbocycles. The summed E-state index contributed by atoms with van der Waals surface area (Å²) in [6.45, 7) is 0. The number of carbonyl (C=O) groups is 1. The second-order valence-electron chi connectivity index (χ2n) is 7.11. The molecule has 0 aliphatic rings. The molecule has 4 aromatic rings. The van der Waals surface area contributed by atoms with Crippen molar-refractivity contribution in [2.24, 2.45) is 14.1 Å². The third-order valence-electron chi connectivity index (χ3n) is 4.89. The monoisotopic (exact) mass is 498 g/mol. The summed E-state index contributed by atoms with van der Waals surface area (Å²) in [5.74, 6) is -1.57. The van der Waals surface area contributed by atoms with Crippen LogP contribution >= 0.6 is 22.7 Å². The van der Waals surface area contributed by atoms with E-state index in [0.29, 0.717) is 16.5 Å². The van der Waals surface area contributed by atoms with Gasteiger partial charge in [-0.1, -0.05) is 0 Å². The Kier molecular flexibility index (Phi) is 5.70. The first-order valence-electron chi connectivity index (χ1n) is 9.25. The standard InChI is InChI=1S/C20H14F4N4O3S2/c1-27-13-8-32-14(16(13)17(30)28(2)19(27)31)6-15(29)26-18-25-12(7-33-18)9-3-10(20(22,23)24)5-11(21)4-9/h3-5,7-8H,6H2,1-2H3,(H,25,26,29). The minimum atomic E-state index is -4.71. The average Bonchev–Trinajstić information content (AvgIpc) is 3.37. The Balaban J connectivity index is 1.57. The number of rotatable bonds is 4. The predicted octanol–water partition coefficient (Wildman–Crippen LogP) is 3.76. The van der Waals surface area contributed by atoms with Gasteiger partial charge in [-0.05, 0) is 18.2 Å². The van der Waals surface area contributed by atoms with E-state index < -0.39 is 34.7 Å². The Morgan fingerprint density at radius 2 is 1.82 bits per heavy atom. The number of carbonyl (C=O) groups excluding carboxylic acids is 1. The predicted molar refractivity (Wildman–Crippen MR) is 117 cm³/mol. The van der Waals surface area contributed by atoms with Crippen LogP contribution in [-0.4, -0.2) is 20.0 Å². The Bertz CT molecular complexity index is 1510. The summed E-state index contributed by atoms with van der Waals surface area (Å²) >= 11 is 2.12. The van der Waals surface area contributed by atoms with Crippen LogP contribution in [-0.2, 0) is 31.5 Å². The van der Waals surface area contributed by atoms with Gasteiger partial charge >= 0.3 is 11.9 Å². The van der Waals surface area contributed by atoms with E-state index in [2.05, 4.69) is 10.3 Å². The lowest BCUT2D eigenvalue weighted by molar-refractivity contribution is -0.137. The number of halogens is 4. The summed E-state index contributed by atoms with van der Waals surface area (Å²) in [5, 5.41) is 5.92. The number of benzene rings is 1. The second kappa shape index (κ2) is 8.23. The fraction of sp³-hybridized carbons (Fsp3) is 0.200. The van der Waals surface area contributed by atoms with Gasteiger partial charge in [-0.3, -0.25) is 18.7 Å². The Morgan fingerprint density at radius 1 is 1.09 bits per heavy atom. The van der Waals surface area contributed by atoms with Crippen molar-refractivity contribution < 1.29 is 22.4 Å². The highest BCUT2D eigenvalue weighted by Crippen LogP contribution is 2.34. The zero-order chi connectivity index (χ0) is 24.1. The second-order valence-corrected chi connectivity index (χ2v) is 8.94. The van der Waals surface area contributed by atoms with Crippen LogP contribution in [0.5, 0.6) is 0 Å². The first-order chi connectivity index (χ1) is 15.5. The third-order valence-corrected chi connectivity index (χ3v) is 6.63. The maximum Gasteiger partial charge on any atom is 0.416 e. The number of thiazole rings is 1. The highest BCUT2D eigenvalue weighted by atomic mass is 32.1. The van der Waals surface area contributed by atoms with Gasteiger partial charge in [0.15, 0.2) is 5.13 Å². The zero-order valence-corrected chi connectivity index (χ0v) is 18.6. The highest BCUT2D eigenvalue weighted by molar-refractivity contribution is 7.14. The molecular weight excluding hydrogens is 484 g/mol. The number of nitrogens with one attached hydrogen (secondary N) is 1. The van der Waals surface area contributed by atoms with Crippen molar-refractivity contribution in [3.8, 4) is 11.3 Å². The van der Waals surface area contributed by atoms with E-state index in [1.165, 1.54) is 24.0 Å². The number of hydrogen-bond donors (Lipinski definition) is 1. The molecule has 3 heterocycles. The van der Waals surface area contributed by atoms with Crippen LogP contribution in [0.15, 0.2) is 38.5 Å². The van der Waals surface area contributed by atoms with E-state index in [9.17, 15) is 31.9 Å². The number of amides is 1. The summed E-state index contributed by atoms with van der Waals surface area (Å²) in [7, 11) is 2.87. The van der Waals surface area contributed by atoms with Crippen LogP contribution in [0.4, 0.5) is 22.7 Å². The topological polar surface area (TPSA) is 86.0 Å². The zero-order valence-electron chi connectivity index (χ0n) is 17.0. The first-order valence-corrected chi connectivity index (χ1v) is 11.0. The van der Waals surface area contributed by atoms with E-state index in [4.69, 9.17) is 0 Å². The molecule has 4 rings (SSSR count).